The summed E-state index contributed by atoms with van der Waals surface area (Å²) in [6.45, 7) is 0.782. The second-order valence-corrected chi connectivity index (χ2v) is 9.91. The van der Waals surface area contributed by atoms with Gasteiger partial charge in [0.15, 0.2) is 28.4 Å². The van der Waals surface area contributed by atoms with E-state index in [-0.39, 0.29) is 34.2 Å². The second kappa shape index (κ2) is 12.2. The standard InChI is InChI=1S/C20H28ClN7O4S/c1-33(30,31)12-4-11-32-14-8-6-13(7-9-14)5-2-3-10-25-20(24)28-19(29)15-17(22)27-18(23)16(21)26-15/h6-9H,2-5,10-12H2,1H3,(H4,22,23,27)(H3,24,25,28,29). The lowest BCUT2D eigenvalue weighted by atomic mass is 10.1. The number of nitrogens with zero attached hydrogens (tertiary/aromatic N) is 3. The number of benzene rings is 1. The summed E-state index contributed by atoms with van der Waals surface area (Å²) in [5.74, 6) is -0.160. The molecule has 1 aromatic heterocycles. The van der Waals surface area contributed by atoms with E-state index in [1.54, 1.807) is 0 Å². The van der Waals surface area contributed by atoms with Crippen molar-refractivity contribution in [2.24, 2.45) is 10.7 Å². The van der Waals surface area contributed by atoms with Crippen LogP contribution in [0, 0.1) is 0 Å². The molecule has 0 spiro atoms. The van der Waals surface area contributed by atoms with Gasteiger partial charge in [-0.1, -0.05) is 23.7 Å². The predicted octanol–water partition coefficient (Wildman–Crippen LogP) is 1.18. The highest BCUT2D eigenvalue weighted by molar-refractivity contribution is 7.90. The fourth-order valence-electron chi connectivity index (χ4n) is 2.73. The zero-order valence-electron chi connectivity index (χ0n) is 18.3. The highest BCUT2D eigenvalue weighted by Gasteiger charge is 2.16. The van der Waals surface area contributed by atoms with Crippen molar-refractivity contribution in [3.05, 3.63) is 40.7 Å². The van der Waals surface area contributed by atoms with Gasteiger partial charge in [0.05, 0.1) is 12.4 Å². The topological polar surface area (TPSA) is 189 Å². The molecule has 0 aliphatic carbocycles. The van der Waals surface area contributed by atoms with Gasteiger partial charge in [0, 0.05) is 12.8 Å². The molecule has 2 rings (SSSR count). The molecule has 2 aromatic rings. The monoisotopic (exact) mass is 497 g/mol. The lowest BCUT2D eigenvalue weighted by Gasteiger charge is -2.08. The molecule has 33 heavy (non-hydrogen) atoms. The molecule has 0 bridgehead atoms. The van der Waals surface area contributed by atoms with Crippen molar-refractivity contribution in [3.8, 4) is 5.75 Å². The van der Waals surface area contributed by atoms with Gasteiger partial charge in [-0.15, -0.1) is 0 Å². The van der Waals surface area contributed by atoms with Gasteiger partial charge in [0.1, 0.15) is 15.6 Å². The van der Waals surface area contributed by atoms with Crippen LogP contribution in [0.2, 0.25) is 5.15 Å². The minimum absolute atomic E-state index is 0.0634. The van der Waals surface area contributed by atoms with Crippen molar-refractivity contribution in [2.75, 3.05) is 36.6 Å². The number of aliphatic imine (C=N–C) groups is 1. The van der Waals surface area contributed by atoms with E-state index in [1.165, 1.54) is 6.26 Å². The number of sulfone groups is 1. The van der Waals surface area contributed by atoms with E-state index in [1.807, 2.05) is 24.3 Å². The third kappa shape index (κ3) is 9.49. The molecular formula is C20H28ClN7O4S. The van der Waals surface area contributed by atoms with Crippen LogP contribution in [-0.2, 0) is 16.3 Å². The number of anilines is 2. The number of carbonyl (C=O) groups excluding carboxylic acids is 1. The number of nitrogen functional groups attached to an aromatic ring is 2. The third-order valence-corrected chi connectivity index (χ3v) is 5.68. The van der Waals surface area contributed by atoms with E-state index >= 15 is 0 Å². The molecule has 0 saturated heterocycles. The maximum absolute atomic E-state index is 12.2. The zero-order valence-corrected chi connectivity index (χ0v) is 19.8. The number of carbonyl (C=O) groups is 1. The zero-order chi connectivity index (χ0) is 24.4. The van der Waals surface area contributed by atoms with Crippen LogP contribution in [0.3, 0.4) is 0 Å². The third-order valence-electron chi connectivity index (χ3n) is 4.37. The first-order chi connectivity index (χ1) is 15.5. The van der Waals surface area contributed by atoms with Crippen LogP contribution < -0.4 is 27.3 Å². The van der Waals surface area contributed by atoms with E-state index in [9.17, 15) is 13.2 Å². The van der Waals surface area contributed by atoms with Gasteiger partial charge in [0.25, 0.3) is 5.91 Å². The van der Waals surface area contributed by atoms with Crippen LogP contribution in [0.25, 0.3) is 0 Å². The Morgan fingerprint density at radius 2 is 1.82 bits per heavy atom. The first kappa shape index (κ1) is 26.1. The molecule has 0 saturated carbocycles. The molecule has 0 fully saturated rings. The highest BCUT2D eigenvalue weighted by atomic mass is 35.5. The number of ether oxygens (including phenoxy) is 1. The van der Waals surface area contributed by atoms with Crippen LogP contribution in [0.4, 0.5) is 11.6 Å². The molecule has 0 unspecified atom stereocenters. The molecule has 13 heteroatoms. The highest BCUT2D eigenvalue weighted by Crippen LogP contribution is 2.17. The summed E-state index contributed by atoms with van der Waals surface area (Å²) >= 11 is 5.76. The van der Waals surface area contributed by atoms with Crippen molar-refractivity contribution in [1.29, 1.82) is 0 Å². The minimum atomic E-state index is -2.97. The SMILES string of the molecule is CS(=O)(=O)CCCOc1ccc(CCCCN=C(N)NC(=O)c2nc(Cl)c(N)nc2N)cc1. The average Bonchev–Trinajstić information content (AvgIpc) is 2.73. The number of nitrogens with one attached hydrogen (secondary N) is 1. The van der Waals surface area contributed by atoms with Crippen LogP contribution in [0.15, 0.2) is 29.3 Å². The maximum Gasteiger partial charge on any atom is 0.280 e. The van der Waals surface area contributed by atoms with Gasteiger partial charge in [-0.3, -0.25) is 15.1 Å². The van der Waals surface area contributed by atoms with Gasteiger partial charge >= 0.3 is 0 Å². The van der Waals surface area contributed by atoms with Crippen LogP contribution in [0.5, 0.6) is 5.75 Å². The predicted molar refractivity (Wildman–Crippen MR) is 129 cm³/mol. The van der Waals surface area contributed by atoms with Crippen LogP contribution in [-0.4, -0.2) is 55.4 Å². The molecule has 7 N–H and O–H groups in total. The molecule has 0 aliphatic heterocycles. The Hall–Kier alpha value is -3.12. The van der Waals surface area contributed by atoms with Crippen molar-refractivity contribution < 1.29 is 17.9 Å². The fraction of sp³-hybridized carbons (Fsp3) is 0.400. The number of aryl methyl sites for hydroxylation is 1. The van der Waals surface area contributed by atoms with Gasteiger partial charge in [-0.2, -0.15) is 0 Å². The van der Waals surface area contributed by atoms with E-state index in [4.69, 9.17) is 33.5 Å². The maximum atomic E-state index is 12.2. The molecule has 180 valence electrons. The number of amides is 1. The van der Waals surface area contributed by atoms with Crippen LogP contribution in [0.1, 0.15) is 35.3 Å². The molecule has 0 aliphatic rings. The average molecular weight is 498 g/mol. The van der Waals surface area contributed by atoms with Crippen molar-refractivity contribution in [1.82, 2.24) is 15.3 Å². The largest absolute Gasteiger partial charge is 0.494 e. The lowest BCUT2D eigenvalue weighted by Crippen LogP contribution is -2.38. The smallest absolute Gasteiger partial charge is 0.280 e. The van der Waals surface area contributed by atoms with Crippen molar-refractivity contribution in [3.63, 3.8) is 0 Å². The number of rotatable bonds is 11. The molecule has 1 heterocycles. The Morgan fingerprint density at radius 1 is 1.12 bits per heavy atom. The Bertz CT molecular complexity index is 1090. The number of guanidine groups is 1. The Kier molecular flexibility index (Phi) is 9.67. The Labute approximate surface area is 197 Å². The normalized spacial score (nSPS) is 11.9. The summed E-state index contributed by atoms with van der Waals surface area (Å²) in [6.07, 6.45) is 4.13. The number of halogens is 1. The molecule has 1 amide bonds. The first-order valence-electron chi connectivity index (χ1n) is 10.1. The minimum Gasteiger partial charge on any atom is -0.494 e. The molecule has 0 radical (unpaired) electrons. The summed E-state index contributed by atoms with van der Waals surface area (Å²) in [5, 5.41) is 2.26. The molecule has 1 aromatic carbocycles. The van der Waals surface area contributed by atoms with Gasteiger partial charge in [-0.25, -0.2) is 18.4 Å². The number of hydrogen-bond acceptors (Lipinski definition) is 9. The quantitative estimate of drug-likeness (QED) is 0.200. The van der Waals surface area contributed by atoms with Crippen LogP contribution >= 0.6 is 11.6 Å². The van der Waals surface area contributed by atoms with Gasteiger partial charge in [-0.05, 0) is 43.4 Å². The first-order valence-corrected chi connectivity index (χ1v) is 12.6. The number of nitrogens with two attached hydrogens (primary N) is 3. The van der Waals surface area contributed by atoms with Gasteiger partial charge < -0.3 is 21.9 Å². The summed E-state index contributed by atoms with van der Waals surface area (Å²) < 4.78 is 27.8. The molecular weight excluding hydrogens is 470 g/mol. The number of aromatic nitrogens is 2. The van der Waals surface area contributed by atoms with E-state index in [0.717, 1.165) is 24.8 Å². The number of hydrogen-bond donors (Lipinski definition) is 4. The Morgan fingerprint density at radius 3 is 2.48 bits per heavy atom. The van der Waals surface area contributed by atoms with Crippen molar-refractivity contribution in [2.45, 2.75) is 25.7 Å². The summed E-state index contributed by atoms with van der Waals surface area (Å²) in [5.41, 5.74) is 17.8. The van der Waals surface area contributed by atoms with Gasteiger partial charge in [0.2, 0.25) is 0 Å². The second-order valence-electron chi connectivity index (χ2n) is 7.29. The Balaban J connectivity index is 1.69. The van der Waals surface area contributed by atoms with E-state index < -0.39 is 15.7 Å². The summed E-state index contributed by atoms with van der Waals surface area (Å²) in [7, 11) is -2.97. The van der Waals surface area contributed by atoms with Crippen molar-refractivity contribution >= 4 is 44.9 Å². The van der Waals surface area contributed by atoms with E-state index in [2.05, 4.69) is 20.3 Å². The molecule has 0 atom stereocenters. The molecule has 11 nitrogen and oxygen atoms in total. The number of unbranched alkanes of at least 4 members (excludes halogenated alkanes) is 1. The van der Waals surface area contributed by atoms with E-state index in [0.29, 0.717) is 25.3 Å². The summed E-state index contributed by atoms with van der Waals surface area (Å²) in [6, 6.07) is 7.65. The fourth-order valence-corrected chi connectivity index (χ4v) is 3.50. The lowest BCUT2D eigenvalue weighted by molar-refractivity contribution is 0.0972. The summed E-state index contributed by atoms with van der Waals surface area (Å²) in [4.78, 5) is 23.8.